The van der Waals surface area contributed by atoms with Gasteiger partial charge in [0.05, 0.1) is 44.5 Å². The normalized spacial score (nSPS) is 11.5. The van der Waals surface area contributed by atoms with Crippen molar-refractivity contribution in [1.82, 2.24) is 29.1 Å². The minimum absolute atomic E-state index is 0.635. The second kappa shape index (κ2) is 31.0. The van der Waals surface area contributed by atoms with Gasteiger partial charge in [-0.3, -0.25) is 9.13 Å². The fraction of sp³-hybridized carbons (Fsp3) is 0. The third-order valence-corrected chi connectivity index (χ3v) is 24.6. The SMILES string of the molecule is c1ccc(-c2ccc(-c3cc4c(-c5ccc6ccccc6c5)nc(-n5c6ccc(-c7ccccc7)cc6c6cc7ccccc7cc65)nc4cc3-c3ccccc3)cc2)cc1.c1ccc(-c2ccc(-c3ccc4c(c3)c3cc5ccccc5cc3n4-c3nc(-c4ccccc4)c4cc(-c5ccc(-c6ccccc6)cc5)c(-c5ccccc5)cc4n3)cc2)cc1. The minimum Gasteiger partial charge on any atom is -0.278 e. The molecule has 6 heteroatoms. The molecule has 24 rings (SSSR count). The summed E-state index contributed by atoms with van der Waals surface area (Å²) < 4.78 is 4.54. The summed E-state index contributed by atoms with van der Waals surface area (Å²) in [5.74, 6) is 1.27. The summed E-state index contributed by atoms with van der Waals surface area (Å²) in [5, 5.41) is 13.8. The van der Waals surface area contributed by atoms with Crippen LogP contribution in [0, 0.1) is 0 Å². The molecule has 0 atom stereocenters. The summed E-state index contributed by atoms with van der Waals surface area (Å²) in [7, 11) is 0. The third-order valence-electron chi connectivity index (χ3n) is 24.6. The van der Waals surface area contributed by atoms with Crippen LogP contribution in [0.3, 0.4) is 0 Å². The highest BCUT2D eigenvalue weighted by Crippen LogP contribution is 2.46. The van der Waals surface area contributed by atoms with E-state index in [1.165, 1.54) is 87.8 Å². The molecule has 0 aliphatic rings. The van der Waals surface area contributed by atoms with Gasteiger partial charge in [-0.05, 0) is 211 Å². The maximum Gasteiger partial charge on any atom is 0.235 e. The summed E-state index contributed by atoms with van der Waals surface area (Å²) in [4.78, 5) is 22.3. The Balaban J connectivity index is 0.000000143. The second-order valence-electron chi connectivity index (χ2n) is 32.0. The molecule has 124 heavy (non-hydrogen) atoms. The minimum atomic E-state index is 0.635. The van der Waals surface area contributed by atoms with Gasteiger partial charge in [-0.2, -0.15) is 0 Å². The first-order valence-electron chi connectivity index (χ1n) is 42.3. The van der Waals surface area contributed by atoms with Crippen molar-refractivity contribution < 1.29 is 0 Å². The zero-order chi connectivity index (χ0) is 82.0. The van der Waals surface area contributed by atoms with Crippen LogP contribution in [0.15, 0.2) is 461 Å². The third kappa shape index (κ3) is 13.4. The molecule has 0 unspecified atom stereocenters. The fourth-order valence-corrected chi connectivity index (χ4v) is 18.4. The molecule has 4 heterocycles. The Morgan fingerprint density at radius 1 is 0.137 bits per heavy atom. The summed E-state index contributed by atoms with van der Waals surface area (Å²) in [5.41, 5.74) is 30.8. The quantitative estimate of drug-likeness (QED) is 0.115. The van der Waals surface area contributed by atoms with E-state index in [1.807, 2.05) is 0 Å². The van der Waals surface area contributed by atoms with Crippen LogP contribution in [0.5, 0.6) is 0 Å². The molecular weight excluding hydrogens is 1500 g/mol. The van der Waals surface area contributed by atoms with Gasteiger partial charge >= 0.3 is 0 Å². The van der Waals surface area contributed by atoms with E-state index in [-0.39, 0.29) is 0 Å². The number of hydrogen-bond acceptors (Lipinski definition) is 4. The molecule has 24 aromatic rings. The first-order valence-corrected chi connectivity index (χ1v) is 42.3. The summed E-state index contributed by atoms with van der Waals surface area (Å²) in [6.45, 7) is 0. The number of fused-ring (bicyclic) bond motifs is 11. The monoisotopic (exact) mass is 1580 g/mol. The first kappa shape index (κ1) is 72.7. The van der Waals surface area contributed by atoms with Crippen LogP contribution >= 0.6 is 0 Å². The number of aromatic nitrogens is 6. The Labute approximate surface area is 717 Å². The highest BCUT2D eigenvalue weighted by molar-refractivity contribution is 6.17. The molecule has 0 aliphatic heterocycles. The average Bonchev–Trinajstić information content (AvgIpc) is 1.53. The van der Waals surface area contributed by atoms with Crippen LogP contribution in [-0.2, 0) is 0 Å². The summed E-state index contributed by atoms with van der Waals surface area (Å²) >= 11 is 0. The van der Waals surface area contributed by atoms with Crippen molar-refractivity contribution in [2.75, 3.05) is 0 Å². The molecule has 6 nitrogen and oxygen atoms in total. The molecule has 0 radical (unpaired) electrons. The number of hydrogen-bond donors (Lipinski definition) is 0. The molecule has 4 aromatic heterocycles. The predicted octanol–water partition coefficient (Wildman–Crippen LogP) is 31.3. The zero-order valence-electron chi connectivity index (χ0n) is 67.6. The standard InChI is InChI=1S/C60H39N3.C58H37N3/c1-5-15-40(16-6-1)42-25-27-44(28-26-42)50-33-34-57-53(36-50)54-35-48-23-13-14-24-49(48)37-58(54)63(57)60-61-56-39-52(45-19-9-3-10-20-45)51(38-55(56)59(62-60)47-21-11-4-12-22-47)46-31-29-43(30-32-46)41-17-7-2-8-18-41;1-4-14-38(15-5-1)41-24-27-43(28-25-41)49-36-53-54(37-50(49)42-19-8-3-9-20-42)59-58(60-57(53)48-29-26-40-18-10-11-21-44(40)32-48)61-55-31-30-47(39-16-6-2-7-17-39)34-51(55)52-33-45-22-12-13-23-46(45)35-56(52)61/h1-39H;1-37H. The Hall–Kier alpha value is -16.5. The lowest BCUT2D eigenvalue weighted by molar-refractivity contribution is 1.01. The van der Waals surface area contributed by atoms with E-state index in [0.29, 0.717) is 11.9 Å². The van der Waals surface area contributed by atoms with E-state index in [4.69, 9.17) is 19.9 Å². The lowest BCUT2D eigenvalue weighted by Crippen LogP contribution is -2.04. The van der Waals surface area contributed by atoms with E-state index in [2.05, 4.69) is 470 Å². The summed E-state index contributed by atoms with van der Waals surface area (Å²) in [6.07, 6.45) is 0. The van der Waals surface area contributed by atoms with E-state index >= 15 is 0 Å². The van der Waals surface area contributed by atoms with E-state index in [0.717, 1.165) is 133 Å². The molecule has 20 aromatic carbocycles. The van der Waals surface area contributed by atoms with Crippen LogP contribution in [0.1, 0.15) is 0 Å². The average molecular weight is 1580 g/mol. The maximum absolute atomic E-state index is 5.62. The number of nitrogens with zero attached hydrogens (tertiary/aromatic N) is 6. The van der Waals surface area contributed by atoms with Gasteiger partial charge in [0, 0.05) is 43.4 Å². The van der Waals surface area contributed by atoms with Crippen LogP contribution in [0.4, 0.5) is 0 Å². The largest absolute Gasteiger partial charge is 0.278 e. The lowest BCUT2D eigenvalue weighted by atomic mass is 9.90. The number of rotatable bonds is 13. The van der Waals surface area contributed by atoms with Gasteiger partial charge in [0.15, 0.2) is 0 Å². The van der Waals surface area contributed by atoms with Gasteiger partial charge < -0.3 is 0 Å². The Morgan fingerprint density at radius 2 is 0.387 bits per heavy atom. The lowest BCUT2D eigenvalue weighted by Gasteiger charge is -2.17. The van der Waals surface area contributed by atoms with Crippen LogP contribution < -0.4 is 0 Å². The molecular formula is C118H76N6. The van der Waals surface area contributed by atoms with Gasteiger partial charge in [0.2, 0.25) is 11.9 Å². The van der Waals surface area contributed by atoms with Crippen LogP contribution in [0.2, 0.25) is 0 Å². The van der Waals surface area contributed by atoms with Crippen molar-refractivity contribution in [3.8, 4) is 135 Å². The second-order valence-corrected chi connectivity index (χ2v) is 32.0. The Morgan fingerprint density at radius 3 is 0.766 bits per heavy atom. The van der Waals surface area contributed by atoms with Crippen molar-refractivity contribution in [1.29, 1.82) is 0 Å². The van der Waals surface area contributed by atoms with Crippen molar-refractivity contribution in [3.63, 3.8) is 0 Å². The molecule has 0 amide bonds. The van der Waals surface area contributed by atoms with E-state index < -0.39 is 0 Å². The fourth-order valence-electron chi connectivity index (χ4n) is 18.4. The Kier molecular flexibility index (Phi) is 18.2. The van der Waals surface area contributed by atoms with Crippen LogP contribution in [-0.4, -0.2) is 29.1 Å². The van der Waals surface area contributed by atoms with Crippen molar-refractivity contribution in [2.24, 2.45) is 0 Å². The molecule has 0 saturated carbocycles. The van der Waals surface area contributed by atoms with Gasteiger partial charge in [-0.25, -0.2) is 19.9 Å². The molecule has 0 aliphatic carbocycles. The first-order chi connectivity index (χ1) is 61.4. The Bertz CT molecular complexity index is 8200. The van der Waals surface area contributed by atoms with Crippen LogP contribution in [0.25, 0.3) is 232 Å². The van der Waals surface area contributed by atoms with Crippen molar-refractivity contribution >= 4 is 97.7 Å². The molecule has 0 N–H and O–H groups in total. The maximum atomic E-state index is 5.62. The smallest absolute Gasteiger partial charge is 0.235 e. The van der Waals surface area contributed by atoms with Gasteiger partial charge in [-0.1, -0.05) is 382 Å². The number of benzene rings is 20. The van der Waals surface area contributed by atoms with Crippen molar-refractivity contribution in [2.45, 2.75) is 0 Å². The predicted molar refractivity (Wildman–Crippen MR) is 520 cm³/mol. The molecule has 0 bridgehead atoms. The molecule has 0 fully saturated rings. The van der Waals surface area contributed by atoms with Gasteiger partial charge in [-0.15, -0.1) is 0 Å². The highest BCUT2D eigenvalue weighted by atomic mass is 15.2. The van der Waals surface area contributed by atoms with Crippen molar-refractivity contribution in [3.05, 3.63) is 461 Å². The molecule has 0 saturated heterocycles. The molecule has 0 spiro atoms. The highest BCUT2D eigenvalue weighted by Gasteiger charge is 2.25. The summed E-state index contributed by atoms with van der Waals surface area (Å²) in [6, 6.07) is 165. The zero-order valence-corrected chi connectivity index (χ0v) is 67.6. The van der Waals surface area contributed by atoms with E-state index in [9.17, 15) is 0 Å². The van der Waals surface area contributed by atoms with E-state index in [1.54, 1.807) is 0 Å². The topological polar surface area (TPSA) is 61.4 Å². The van der Waals surface area contributed by atoms with Gasteiger partial charge in [0.1, 0.15) is 0 Å². The molecule has 578 valence electrons. The van der Waals surface area contributed by atoms with Gasteiger partial charge in [0.25, 0.3) is 0 Å².